The van der Waals surface area contributed by atoms with E-state index in [2.05, 4.69) is 5.32 Å². The molecule has 7 nitrogen and oxygen atoms in total. The number of hydrogen-bond donors (Lipinski definition) is 1. The van der Waals surface area contributed by atoms with Gasteiger partial charge in [0.25, 0.3) is 10.0 Å². The number of benzene rings is 2. The average Bonchev–Trinajstić information content (AvgIpc) is 3.37. The van der Waals surface area contributed by atoms with E-state index >= 15 is 0 Å². The number of sulfonamides is 1. The number of thiophene rings is 1. The Bertz CT molecular complexity index is 1190. The molecule has 4 rings (SSSR count). The van der Waals surface area contributed by atoms with E-state index in [-0.39, 0.29) is 5.91 Å². The highest BCUT2D eigenvalue weighted by molar-refractivity contribution is 7.91. The van der Waals surface area contributed by atoms with Gasteiger partial charge in [-0.3, -0.25) is 9.69 Å². The minimum atomic E-state index is -3.51. The van der Waals surface area contributed by atoms with E-state index in [1.807, 2.05) is 60.4 Å². The molecular weight excluding hydrogens is 458 g/mol. The summed E-state index contributed by atoms with van der Waals surface area (Å²) < 4.78 is 33.1. The first-order valence-corrected chi connectivity index (χ1v) is 13.0. The average molecular weight is 486 g/mol. The molecule has 1 aromatic heterocycles. The van der Waals surface area contributed by atoms with Gasteiger partial charge in [0.2, 0.25) is 5.91 Å². The second-order valence-electron chi connectivity index (χ2n) is 7.88. The molecule has 0 saturated carbocycles. The lowest BCUT2D eigenvalue weighted by Crippen LogP contribution is -2.51. The molecule has 2 aromatic carbocycles. The summed E-state index contributed by atoms with van der Waals surface area (Å²) in [5, 5.41) is 4.79. The van der Waals surface area contributed by atoms with Crippen molar-refractivity contribution in [2.75, 3.05) is 38.6 Å². The standard InChI is InChI=1S/C24H27N3O4S2/c1-18-10-11-21(31-2)20(17-18)25-24(28)23(19-7-4-3-5-8-19)26-12-14-27(15-13-26)33(29,30)22-9-6-16-32-22/h3-11,16-17,23H,12-15H2,1-2H3,(H,25,28)/t23-/m1/s1. The third-order valence-corrected chi connectivity index (χ3v) is 8.98. The maximum Gasteiger partial charge on any atom is 0.252 e. The molecule has 1 aliphatic rings. The van der Waals surface area contributed by atoms with Crippen LogP contribution >= 0.6 is 11.3 Å². The molecule has 2 heterocycles. The highest BCUT2D eigenvalue weighted by atomic mass is 32.2. The number of carbonyl (C=O) groups is 1. The van der Waals surface area contributed by atoms with Gasteiger partial charge in [0, 0.05) is 26.2 Å². The van der Waals surface area contributed by atoms with Gasteiger partial charge in [-0.25, -0.2) is 8.42 Å². The predicted molar refractivity (Wildman–Crippen MR) is 130 cm³/mol. The quantitative estimate of drug-likeness (QED) is 0.551. The molecule has 1 fully saturated rings. The van der Waals surface area contributed by atoms with Crippen LogP contribution in [0.15, 0.2) is 70.3 Å². The van der Waals surface area contributed by atoms with E-state index in [1.165, 1.54) is 15.6 Å². The number of anilines is 1. The van der Waals surface area contributed by atoms with Crippen LogP contribution in [0, 0.1) is 6.92 Å². The van der Waals surface area contributed by atoms with Gasteiger partial charge in [-0.2, -0.15) is 4.31 Å². The van der Waals surface area contributed by atoms with Crippen LogP contribution in [0.25, 0.3) is 0 Å². The van der Waals surface area contributed by atoms with Crippen LogP contribution in [0.5, 0.6) is 5.75 Å². The Balaban J connectivity index is 1.55. The number of nitrogens with one attached hydrogen (secondary N) is 1. The Kier molecular flexibility index (Phi) is 7.14. The normalized spacial score (nSPS) is 16.3. The van der Waals surface area contributed by atoms with Gasteiger partial charge in [0.15, 0.2) is 0 Å². The number of nitrogens with zero attached hydrogens (tertiary/aromatic N) is 2. The first-order valence-electron chi connectivity index (χ1n) is 10.7. The van der Waals surface area contributed by atoms with Crippen molar-refractivity contribution < 1.29 is 17.9 Å². The Hall–Kier alpha value is -2.72. The highest BCUT2D eigenvalue weighted by Crippen LogP contribution is 2.30. The van der Waals surface area contributed by atoms with Crippen LogP contribution in [-0.4, -0.2) is 56.8 Å². The Morgan fingerprint density at radius 1 is 1.03 bits per heavy atom. The number of amides is 1. The molecule has 0 radical (unpaired) electrons. The Morgan fingerprint density at radius 3 is 2.39 bits per heavy atom. The second-order valence-corrected chi connectivity index (χ2v) is 11.0. The van der Waals surface area contributed by atoms with Gasteiger partial charge < -0.3 is 10.1 Å². The van der Waals surface area contributed by atoms with Crippen LogP contribution in [0.2, 0.25) is 0 Å². The Morgan fingerprint density at radius 2 is 1.76 bits per heavy atom. The molecule has 1 saturated heterocycles. The molecule has 1 N–H and O–H groups in total. The largest absolute Gasteiger partial charge is 0.495 e. The summed E-state index contributed by atoms with van der Waals surface area (Å²) in [5.74, 6) is 0.410. The van der Waals surface area contributed by atoms with Crippen molar-refractivity contribution in [2.24, 2.45) is 0 Å². The lowest BCUT2D eigenvalue weighted by atomic mass is 10.0. The summed E-state index contributed by atoms with van der Waals surface area (Å²) in [6, 6.07) is 18.0. The summed E-state index contributed by atoms with van der Waals surface area (Å²) in [6.07, 6.45) is 0. The van der Waals surface area contributed by atoms with Crippen molar-refractivity contribution in [3.63, 3.8) is 0 Å². The number of rotatable bonds is 7. The van der Waals surface area contributed by atoms with Gasteiger partial charge in [-0.1, -0.05) is 42.5 Å². The molecule has 0 bridgehead atoms. The van der Waals surface area contributed by atoms with Gasteiger partial charge in [0.1, 0.15) is 16.0 Å². The van der Waals surface area contributed by atoms with E-state index in [4.69, 9.17) is 4.74 Å². The van der Waals surface area contributed by atoms with E-state index < -0.39 is 16.1 Å². The number of piperazine rings is 1. The summed E-state index contributed by atoms with van der Waals surface area (Å²) in [4.78, 5) is 15.6. The van der Waals surface area contributed by atoms with Gasteiger partial charge >= 0.3 is 0 Å². The number of hydrogen-bond acceptors (Lipinski definition) is 6. The van der Waals surface area contributed by atoms with E-state index in [9.17, 15) is 13.2 Å². The van der Waals surface area contributed by atoms with Gasteiger partial charge in [0.05, 0.1) is 12.8 Å². The SMILES string of the molecule is COc1ccc(C)cc1NC(=O)[C@@H](c1ccccc1)N1CCN(S(=O)(=O)c2cccs2)CC1. The number of ether oxygens (including phenoxy) is 1. The smallest absolute Gasteiger partial charge is 0.252 e. The maximum absolute atomic E-state index is 13.5. The lowest BCUT2D eigenvalue weighted by molar-refractivity contribution is -0.122. The number of aryl methyl sites for hydroxylation is 1. The third-order valence-electron chi connectivity index (χ3n) is 5.70. The van der Waals surface area contributed by atoms with Gasteiger partial charge in [-0.15, -0.1) is 11.3 Å². The third kappa shape index (κ3) is 5.11. The van der Waals surface area contributed by atoms with Gasteiger partial charge in [-0.05, 0) is 41.6 Å². The molecule has 1 atom stereocenters. The van der Waals surface area contributed by atoms with E-state index in [0.29, 0.717) is 41.8 Å². The number of methoxy groups -OCH3 is 1. The van der Waals surface area contributed by atoms with Crippen molar-refractivity contribution in [1.82, 2.24) is 9.21 Å². The summed E-state index contributed by atoms with van der Waals surface area (Å²) in [7, 11) is -1.94. The van der Waals surface area contributed by atoms with Crippen molar-refractivity contribution >= 4 is 33.0 Å². The molecule has 33 heavy (non-hydrogen) atoms. The zero-order valence-electron chi connectivity index (χ0n) is 18.6. The first-order chi connectivity index (χ1) is 15.9. The summed E-state index contributed by atoms with van der Waals surface area (Å²) >= 11 is 1.22. The second kappa shape index (κ2) is 10.0. The topological polar surface area (TPSA) is 79.0 Å². The summed E-state index contributed by atoms with van der Waals surface area (Å²) in [6.45, 7) is 3.50. The molecule has 0 aliphatic carbocycles. The van der Waals surface area contributed by atoms with Crippen molar-refractivity contribution in [1.29, 1.82) is 0 Å². The van der Waals surface area contributed by atoms with Crippen LogP contribution in [0.1, 0.15) is 17.2 Å². The highest BCUT2D eigenvalue weighted by Gasteiger charge is 2.35. The monoisotopic (exact) mass is 485 g/mol. The van der Waals surface area contributed by atoms with Crippen molar-refractivity contribution in [2.45, 2.75) is 17.2 Å². The fraction of sp³-hybridized carbons (Fsp3) is 0.292. The van der Waals surface area contributed by atoms with Crippen molar-refractivity contribution in [3.05, 3.63) is 77.2 Å². The first kappa shape index (κ1) is 23.4. The number of carbonyl (C=O) groups excluding carboxylic acids is 1. The minimum absolute atomic E-state index is 0.181. The Labute approximate surface area is 198 Å². The molecule has 0 spiro atoms. The molecular formula is C24H27N3O4S2. The minimum Gasteiger partial charge on any atom is -0.495 e. The zero-order chi connectivity index (χ0) is 23.4. The fourth-order valence-electron chi connectivity index (χ4n) is 4.02. The van der Waals surface area contributed by atoms with E-state index in [1.54, 1.807) is 24.6 Å². The van der Waals surface area contributed by atoms with Crippen LogP contribution in [0.4, 0.5) is 5.69 Å². The maximum atomic E-state index is 13.5. The van der Waals surface area contributed by atoms with Crippen LogP contribution in [-0.2, 0) is 14.8 Å². The molecule has 3 aromatic rings. The lowest BCUT2D eigenvalue weighted by Gasteiger charge is -2.38. The predicted octanol–water partition coefficient (Wildman–Crippen LogP) is 3.75. The van der Waals surface area contributed by atoms with E-state index in [0.717, 1.165) is 11.1 Å². The molecule has 1 amide bonds. The van der Waals surface area contributed by atoms with Crippen LogP contribution < -0.4 is 10.1 Å². The summed E-state index contributed by atoms with van der Waals surface area (Å²) in [5.41, 5.74) is 2.48. The molecule has 9 heteroatoms. The molecule has 0 unspecified atom stereocenters. The zero-order valence-corrected chi connectivity index (χ0v) is 20.2. The van der Waals surface area contributed by atoms with Crippen molar-refractivity contribution in [3.8, 4) is 5.75 Å². The molecule has 174 valence electrons. The molecule has 1 aliphatic heterocycles. The van der Waals surface area contributed by atoms with Crippen LogP contribution in [0.3, 0.4) is 0 Å². The fourth-order valence-corrected chi connectivity index (χ4v) is 6.59.